The van der Waals surface area contributed by atoms with Crippen molar-refractivity contribution in [3.63, 3.8) is 0 Å². The Hall–Kier alpha value is -2.71. The fourth-order valence-electron chi connectivity index (χ4n) is 1.92. The zero-order valence-corrected chi connectivity index (χ0v) is 12.0. The standard InChI is InChI=1S/C16H16N4O/c1-12-8-14(11-21-2)15(9-17)16(19-12)20-18-10-13-6-4-3-5-7-13/h3-8,10H,11H2,1-2H3,(H,19,20)/b18-10+. The maximum Gasteiger partial charge on any atom is 0.164 e. The molecule has 2 aromatic rings. The number of hydrazone groups is 1. The normalized spacial score (nSPS) is 10.5. The molecule has 0 spiro atoms. The molecule has 2 rings (SSSR count). The Bertz CT molecular complexity index is 675. The number of methoxy groups -OCH3 is 1. The Kier molecular flexibility index (Phi) is 5.02. The van der Waals surface area contributed by atoms with Gasteiger partial charge in [0.05, 0.1) is 12.8 Å². The van der Waals surface area contributed by atoms with Crippen LogP contribution in [0, 0.1) is 18.3 Å². The first-order chi connectivity index (χ1) is 10.2. The van der Waals surface area contributed by atoms with Crippen LogP contribution in [0.25, 0.3) is 0 Å². The van der Waals surface area contributed by atoms with Crippen molar-refractivity contribution in [2.24, 2.45) is 5.10 Å². The number of aromatic nitrogens is 1. The van der Waals surface area contributed by atoms with Gasteiger partial charge in [0.1, 0.15) is 11.6 Å². The van der Waals surface area contributed by atoms with Crippen LogP contribution in [-0.2, 0) is 11.3 Å². The maximum absolute atomic E-state index is 9.30. The van der Waals surface area contributed by atoms with Gasteiger partial charge in [-0.15, -0.1) is 0 Å². The molecule has 0 saturated heterocycles. The molecule has 5 heteroatoms. The van der Waals surface area contributed by atoms with Crippen LogP contribution < -0.4 is 5.43 Å². The average molecular weight is 280 g/mol. The first kappa shape index (κ1) is 14.7. The molecule has 0 radical (unpaired) electrons. The molecular formula is C16H16N4O. The predicted octanol–water partition coefficient (Wildman–Crippen LogP) is 2.85. The number of hydrogen-bond donors (Lipinski definition) is 1. The van der Waals surface area contributed by atoms with Gasteiger partial charge in [0.15, 0.2) is 5.82 Å². The van der Waals surface area contributed by atoms with Crippen molar-refractivity contribution in [2.75, 3.05) is 12.5 Å². The lowest BCUT2D eigenvalue weighted by Crippen LogP contribution is -2.03. The molecule has 106 valence electrons. The molecular weight excluding hydrogens is 264 g/mol. The second kappa shape index (κ2) is 7.17. The molecule has 0 amide bonds. The van der Waals surface area contributed by atoms with Crippen LogP contribution in [0.2, 0.25) is 0 Å². The second-order valence-electron chi connectivity index (χ2n) is 4.47. The number of anilines is 1. The number of benzene rings is 1. The van der Waals surface area contributed by atoms with E-state index in [0.717, 1.165) is 16.8 Å². The lowest BCUT2D eigenvalue weighted by Gasteiger charge is -2.09. The Morgan fingerprint density at radius 2 is 2.14 bits per heavy atom. The van der Waals surface area contributed by atoms with Crippen LogP contribution in [0.3, 0.4) is 0 Å². The maximum atomic E-state index is 9.30. The third-order valence-corrected chi connectivity index (χ3v) is 2.82. The smallest absolute Gasteiger partial charge is 0.164 e. The summed E-state index contributed by atoms with van der Waals surface area (Å²) in [4.78, 5) is 4.32. The largest absolute Gasteiger partial charge is 0.380 e. The first-order valence-electron chi connectivity index (χ1n) is 6.48. The molecule has 5 nitrogen and oxygen atoms in total. The monoisotopic (exact) mass is 280 g/mol. The molecule has 1 N–H and O–H groups in total. The number of nitriles is 1. The fourth-order valence-corrected chi connectivity index (χ4v) is 1.92. The van der Waals surface area contributed by atoms with E-state index in [1.807, 2.05) is 43.3 Å². The predicted molar refractivity (Wildman–Crippen MR) is 82.1 cm³/mol. The van der Waals surface area contributed by atoms with Gasteiger partial charge in [-0.05, 0) is 18.6 Å². The minimum Gasteiger partial charge on any atom is -0.380 e. The molecule has 1 heterocycles. The SMILES string of the molecule is COCc1cc(C)nc(N/N=C/c2ccccc2)c1C#N. The van der Waals surface area contributed by atoms with Gasteiger partial charge in [-0.25, -0.2) is 4.98 Å². The van der Waals surface area contributed by atoms with Crippen molar-refractivity contribution in [3.05, 3.63) is 58.8 Å². The number of ether oxygens (including phenoxy) is 1. The molecule has 0 atom stereocenters. The zero-order valence-electron chi connectivity index (χ0n) is 12.0. The highest BCUT2D eigenvalue weighted by atomic mass is 16.5. The minimum atomic E-state index is 0.364. The van der Waals surface area contributed by atoms with Gasteiger partial charge in [-0.2, -0.15) is 10.4 Å². The van der Waals surface area contributed by atoms with E-state index in [9.17, 15) is 5.26 Å². The summed E-state index contributed by atoms with van der Waals surface area (Å²) in [7, 11) is 1.59. The van der Waals surface area contributed by atoms with Gasteiger partial charge in [0.2, 0.25) is 0 Å². The molecule has 0 saturated carbocycles. The Morgan fingerprint density at radius 3 is 2.81 bits per heavy atom. The van der Waals surface area contributed by atoms with Crippen LogP contribution in [0.5, 0.6) is 0 Å². The summed E-state index contributed by atoms with van der Waals surface area (Å²) in [6, 6.07) is 13.7. The van der Waals surface area contributed by atoms with E-state index in [-0.39, 0.29) is 0 Å². The van der Waals surface area contributed by atoms with E-state index in [2.05, 4.69) is 21.6 Å². The summed E-state index contributed by atoms with van der Waals surface area (Å²) in [6.45, 7) is 2.23. The van der Waals surface area contributed by atoms with E-state index in [1.165, 1.54) is 0 Å². The third kappa shape index (κ3) is 3.88. The van der Waals surface area contributed by atoms with E-state index in [4.69, 9.17) is 4.74 Å². The van der Waals surface area contributed by atoms with Gasteiger partial charge in [-0.1, -0.05) is 30.3 Å². The summed E-state index contributed by atoms with van der Waals surface area (Å²) in [5.41, 5.74) is 5.85. The highest BCUT2D eigenvalue weighted by molar-refractivity contribution is 5.80. The fraction of sp³-hybridized carbons (Fsp3) is 0.188. The Morgan fingerprint density at radius 1 is 1.38 bits per heavy atom. The number of rotatable bonds is 5. The van der Waals surface area contributed by atoms with Crippen LogP contribution in [0.1, 0.15) is 22.4 Å². The third-order valence-electron chi connectivity index (χ3n) is 2.82. The molecule has 0 bridgehead atoms. The molecule has 0 aliphatic heterocycles. The van der Waals surface area contributed by atoms with Gasteiger partial charge in [0.25, 0.3) is 0 Å². The summed E-state index contributed by atoms with van der Waals surface area (Å²) < 4.78 is 5.11. The Balaban J connectivity index is 2.23. The lowest BCUT2D eigenvalue weighted by atomic mass is 10.1. The number of nitrogens with zero attached hydrogens (tertiary/aromatic N) is 3. The summed E-state index contributed by atoms with van der Waals surface area (Å²) in [6.07, 6.45) is 1.68. The van der Waals surface area contributed by atoms with Crippen molar-refractivity contribution < 1.29 is 4.74 Å². The highest BCUT2D eigenvalue weighted by Crippen LogP contribution is 2.19. The first-order valence-corrected chi connectivity index (χ1v) is 6.48. The van der Waals surface area contributed by atoms with E-state index in [0.29, 0.717) is 18.0 Å². The summed E-state index contributed by atoms with van der Waals surface area (Å²) in [5, 5.41) is 13.4. The van der Waals surface area contributed by atoms with Crippen molar-refractivity contribution in [2.45, 2.75) is 13.5 Å². The number of hydrogen-bond acceptors (Lipinski definition) is 5. The van der Waals surface area contributed by atoms with Crippen LogP contribution in [0.15, 0.2) is 41.5 Å². The van der Waals surface area contributed by atoms with Crippen molar-refractivity contribution in [1.29, 1.82) is 5.26 Å². The van der Waals surface area contributed by atoms with E-state index >= 15 is 0 Å². The van der Waals surface area contributed by atoms with Crippen LogP contribution in [-0.4, -0.2) is 18.3 Å². The average Bonchev–Trinajstić information content (AvgIpc) is 2.48. The van der Waals surface area contributed by atoms with Gasteiger partial charge in [-0.3, -0.25) is 5.43 Å². The summed E-state index contributed by atoms with van der Waals surface area (Å²) >= 11 is 0. The zero-order chi connectivity index (χ0) is 15.1. The molecule has 0 aliphatic carbocycles. The number of pyridine rings is 1. The molecule has 0 unspecified atom stereocenters. The van der Waals surface area contributed by atoms with Crippen molar-refractivity contribution in [3.8, 4) is 6.07 Å². The molecule has 21 heavy (non-hydrogen) atoms. The van der Waals surface area contributed by atoms with Crippen LogP contribution in [0.4, 0.5) is 5.82 Å². The van der Waals surface area contributed by atoms with Gasteiger partial charge >= 0.3 is 0 Å². The summed E-state index contributed by atoms with van der Waals surface area (Å²) in [5.74, 6) is 0.441. The van der Waals surface area contributed by atoms with Crippen LogP contribution >= 0.6 is 0 Å². The number of aryl methyl sites for hydroxylation is 1. The molecule has 1 aromatic carbocycles. The minimum absolute atomic E-state index is 0.364. The Labute approximate surface area is 123 Å². The molecule has 1 aromatic heterocycles. The van der Waals surface area contributed by atoms with E-state index in [1.54, 1.807) is 13.3 Å². The quantitative estimate of drug-likeness (QED) is 0.675. The topological polar surface area (TPSA) is 70.3 Å². The van der Waals surface area contributed by atoms with Crippen molar-refractivity contribution in [1.82, 2.24) is 4.98 Å². The number of nitrogens with one attached hydrogen (secondary N) is 1. The molecule has 0 fully saturated rings. The van der Waals surface area contributed by atoms with Gasteiger partial charge in [0, 0.05) is 18.4 Å². The van der Waals surface area contributed by atoms with Gasteiger partial charge < -0.3 is 4.74 Å². The molecule has 0 aliphatic rings. The van der Waals surface area contributed by atoms with Crippen molar-refractivity contribution >= 4 is 12.0 Å². The lowest BCUT2D eigenvalue weighted by molar-refractivity contribution is 0.184. The van der Waals surface area contributed by atoms with E-state index < -0.39 is 0 Å². The highest BCUT2D eigenvalue weighted by Gasteiger charge is 2.10. The second-order valence-corrected chi connectivity index (χ2v) is 4.47.